The van der Waals surface area contributed by atoms with Crippen molar-refractivity contribution in [2.45, 2.75) is 148 Å². The first-order valence-corrected chi connectivity index (χ1v) is 18.9. The smallest absolute Gasteiger partial charge is 0.458 e. The number of rotatable bonds is 6. The zero-order chi connectivity index (χ0) is 39.6. The molecule has 1 aromatic carbocycles. The Balaban J connectivity index is 1.70. The summed E-state index contributed by atoms with van der Waals surface area (Å²) < 4.78 is 36.6. The van der Waals surface area contributed by atoms with E-state index in [0.29, 0.717) is 25.1 Å². The summed E-state index contributed by atoms with van der Waals surface area (Å²) in [6, 6.07) is 6.69. The van der Waals surface area contributed by atoms with Crippen LogP contribution >= 0.6 is 0 Å². The third-order valence-corrected chi connectivity index (χ3v) is 11.4. The maximum absolute atomic E-state index is 13.8. The lowest BCUT2D eigenvalue weighted by Gasteiger charge is -2.47. The molecule has 0 unspecified atom stereocenters. The molecule has 1 amide bonds. The van der Waals surface area contributed by atoms with E-state index >= 15 is 0 Å². The molecule has 0 aliphatic carbocycles. The molecule has 14 nitrogen and oxygen atoms in total. The van der Waals surface area contributed by atoms with Gasteiger partial charge in [-0.15, -0.1) is 0 Å². The molecule has 0 spiro atoms. The fourth-order valence-corrected chi connectivity index (χ4v) is 8.45. The molecular weight excluding hydrogens is 686 g/mol. The van der Waals surface area contributed by atoms with Crippen molar-refractivity contribution in [3.05, 3.63) is 29.8 Å². The monoisotopic (exact) mass is 749 g/mol. The van der Waals surface area contributed by atoms with Gasteiger partial charge in [0, 0.05) is 24.2 Å². The molecule has 3 saturated heterocycles. The first kappa shape index (κ1) is 42.7. The van der Waals surface area contributed by atoms with Crippen LogP contribution in [0.3, 0.4) is 0 Å². The first-order valence-electron chi connectivity index (χ1n) is 18.9. The van der Waals surface area contributed by atoms with Crippen molar-refractivity contribution in [1.82, 2.24) is 9.80 Å². The molecule has 300 valence electrons. The number of nitrogens with one attached hydrogen (secondary N) is 1. The fourth-order valence-electron chi connectivity index (χ4n) is 8.45. The number of amides is 1. The summed E-state index contributed by atoms with van der Waals surface area (Å²) >= 11 is 0. The Hall–Kier alpha value is -3.01. The average Bonchev–Trinajstić information content (AvgIpc) is 3.38. The van der Waals surface area contributed by atoms with E-state index in [1.165, 1.54) is 0 Å². The summed E-state index contributed by atoms with van der Waals surface area (Å²) in [5.41, 5.74) is -1.33. The minimum absolute atomic E-state index is 0.132. The van der Waals surface area contributed by atoms with Crippen molar-refractivity contribution >= 4 is 23.9 Å². The van der Waals surface area contributed by atoms with Crippen LogP contribution in [0.1, 0.15) is 80.2 Å². The highest BCUT2D eigenvalue weighted by atomic mass is 16.8. The van der Waals surface area contributed by atoms with Gasteiger partial charge >= 0.3 is 18.2 Å². The summed E-state index contributed by atoms with van der Waals surface area (Å²) in [6.07, 6.45) is -6.89. The van der Waals surface area contributed by atoms with Crippen LogP contribution in [-0.4, -0.2) is 132 Å². The summed E-state index contributed by atoms with van der Waals surface area (Å²) in [7, 11) is 5.67. The lowest BCUT2D eigenvalue weighted by molar-refractivity contribution is -0.297. The quantitative estimate of drug-likeness (QED) is 0.271. The minimum Gasteiger partial charge on any atom is -0.458 e. The molecule has 3 fully saturated rings. The van der Waals surface area contributed by atoms with Crippen molar-refractivity contribution in [1.29, 1.82) is 0 Å². The SMILES string of the molecule is CC[C@H]1OC(=O)[C@H](C)[C@@H](O)[C@H](C)[C@@H](O[C@@H]2O[C@H](C)C[C@H](N(C)C)[C@H]2OC(=O)Nc2cccc(C)c2)[C@](C)(O)C[C@@H](C)CN(C)[C@H](C)[C@H]2OC(=O)O[C@@]21C. The molecule has 3 heterocycles. The summed E-state index contributed by atoms with van der Waals surface area (Å²) in [6.45, 7) is 16.7. The number of hydrogen-bond donors (Lipinski definition) is 3. The maximum atomic E-state index is 13.8. The van der Waals surface area contributed by atoms with Crippen molar-refractivity contribution in [2.24, 2.45) is 17.8 Å². The highest BCUT2D eigenvalue weighted by Gasteiger charge is 2.58. The van der Waals surface area contributed by atoms with Gasteiger partial charge in [-0.1, -0.05) is 32.9 Å². The van der Waals surface area contributed by atoms with E-state index in [0.717, 1.165) is 5.56 Å². The van der Waals surface area contributed by atoms with Gasteiger partial charge in [-0.25, -0.2) is 9.59 Å². The van der Waals surface area contributed by atoms with E-state index in [-0.39, 0.29) is 30.5 Å². The number of cyclic esters (lactones) is 1. The number of likely N-dealkylation sites (N-methyl/N-ethyl adjacent to an activating group) is 2. The predicted molar refractivity (Wildman–Crippen MR) is 197 cm³/mol. The Morgan fingerprint density at radius 2 is 1.79 bits per heavy atom. The number of carbonyl (C=O) groups excluding carboxylic acids is 3. The molecule has 3 aliphatic heterocycles. The Bertz CT molecular complexity index is 1430. The largest absolute Gasteiger partial charge is 0.509 e. The Kier molecular flexibility index (Phi) is 13.9. The number of fused-ring (bicyclic) bond motifs is 1. The van der Waals surface area contributed by atoms with E-state index in [9.17, 15) is 24.6 Å². The van der Waals surface area contributed by atoms with E-state index in [2.05, 4.69) is 5.32 Å². The molecule has 0 saturated carbocycles. The molecule has 0 aromatic heterocycles. The number of benzene rings is 1. The summed E-state index contributed by atoms with van der Waals surface area (Å²) in [4.78, 5) is 43.6. The van der Waals surface area contributed by atoms with Crippen molar-refractivity contribution < 1.29 is 53.0 Å². The Morgan fingerprint density at radius 1 is 1.11 bits per heavy atom. The molecule has 4 rings (SSSR count). The molecule has 0 radical (unpaired) electrons. The average molecular weight is 750 g/mol. The lowest BCUT2D eigenvalue weighted by atomic mass is 9.78. The first-order chi connectivity index (χ1) is 24.7. The highest BCUT2D eigenvalue weighted by molar-refractivity contribution is 5.84. The van der Waals surface area contributed by atoms with Crippen LogP contribution in [0, 0.1) is 24.7 Å². The second-order valence-corrected chi connectivity index (χ2v) is 16.4. The molecule has 0 bridgehead atoms. The van der Waals surface area contributed by atoms with Crippen LogP contribution in [-0.2, 0) is 33.2 Å². The van der Waals surface area contributed by atoms with Crippen LogP contribution in [0.2, 0.25) is 0 Å². The van der Waals surface area contributed by atoms with Gasteiger partial charge in [-0.05, 0) is 106 Å². The van der Waals surface area contributed by atoms with Crippen LogP contribution in [0.25, 0.3) is 0 Å². The van der Waals surface area contributed by atoms with E-state index in [4.69, 9.17) is 28.4 Å². The van der Waals surface area contributed by atoms with Gasteiger partial charge in [0.2, 0.25) is 0 Å². The third-order valence-electron chi connectivity index (χ3n) is 11.4. The fraction of sp³-hybridized carbons (Fsp3) is 0.769. The summed E-state index contributed by atoms with van der Waals surface area (Å²) in [5, 5.41) is 27.0. The molecule has 14 heteroatoms. The Morgan fingerprint density at radius 3 is 2.42 bits per heavy atom. The number of aryl methyl sites for hydroxylation is 1. The number of aliphatic hydroxyl groups is 2. The van der Waals surface area contributed by atoms with Crippen LogP contribution < -0.4 is 5.32 Å². The normalized spacial score (nSPS) is 40.6. The number of esters is 1. The number of carbonyl (C=O) groups is 3. The van der Waals surface area contributed by atoms with E-state index in [1.54, 1.807) is 33.8 Å². The van der Waals surface area contributed by atoms with Crippen LogP contribution in [0.4, 0.5) is 15.3 Å². The second-order valence-electron chi connectivity index (χ2n) is 16.4. The number of ether oxygens (including phenoxy) is 6. The van der Waals surface area contributed by atoms with Gasteiger partial charge in [-0.2, -0.15) is 0 Å². The van der Waals surface area contributed by atoms with Gasteiger partial charge in [0.05, 0.1) is 35.9 Å². The van der Waals surface area contributed by atoms with E-state index in [1.807, 2.05) is 83.8 Å². The molecule has 1 aromatic rings. The van der Waals surface area contributed by atoms with Gasteiger partial charge in [0.25, 0.3) is 0 Å². The van der Waals surface area contributed by atoms with Crippen molar-refractivity contribution in [2.75, 3.05) is 33.0 Å². The second kappa shape index (κ2) is 17.2. The maximum Gasteiger partial charge on any atom is 0.509 e. The number of nitrogens with zero attached hydrogens (tertiary/aromatic N) is 2. The predicted octanol–water partition coefficient (Wildman–Crippen LogP) is 4.72. The highest BCUT2D eigenvalue weighted by Crippen LogP contribution is 2.40. The van der Waals surface area contributed by atoms with Gasteiger partial charge in [0.15, 0.2) is 24.1 Å². The summed E-state index contributed by atoms with van der Waals surface area (Å²) in [5.74, 6) is -2.76. The van der Waals surface area contributed by atoms with E-state index < -0.39 is 78.1 Å². The van der Waals surface area contributed by atoms with Gasteiger partial charge in [-0.3, -0.25) is 15.0 Å². The zero-order valence-corrected chi connectivity index (χ0v) is 33.5. The lowest BCUT2D eigenvalue weighted by Crippen LogP contribution is -2.60. The zero-order valence-electron chi connectivity index (χ0n) is 33.5. The number of hydrogen-bond acceptors (Lipinski definition) is 13. The van der Waals surface area contributed by atoms with Crippen molar-refractivity contribution in [3.63, 3.8) is 0 Å². The molecule has 3 N–H and O–H groups in total. The standard InChI is InChI=1S/C39H63N3O11/c1-13-29-39(9)33(52-37(46)53-39)26(7)42(12)20-22(3)19-38(8,47)32(24(5)30(43)25(6)34(44)49-29)51-35-31(28(41(10)11)18-23(4)48-35)50-36(45)40-27-16-14-15-21(2)17-27/h14-17,22-26,28-33,35,43,47H,13,18-20H2,1-12H3,(H,40,45)/t22-,23-,24+,25-,26-,28+,29-,30+,31-,32-,33-,35+,38-,39-/m1/s1. The topological polar surface area (TPSA) is 166 Å². The van der Waals surface area contributed by atoms with Gasteiger partial charge < -0.3 is 43.5 Å². The number of aliphatic hydroxyl groups excluding tert-OH is 1. The van der Waals surface area contributed by atoms with Gasteiger partial charge in [0.1, 0.15) is 6.10 Å². The minimum atomic E-state index is -1.58. The van der Waals surface area contributed by atoms with Crippen molar-refractivity contribution in [3.8, 4) is 0 Å². The molecule has 3 aliphatic rings. The number of anilines is 1. The molecule has 14 atom stereocenters. The Labute approximate surface area is 314 Å². The molecular formula is C39H63N3O11. The third kappa shape index (κ3) is 9.81. The van der Waals surface area contributed by atoms with Crippen LogP contribution in [0.15, 0.2) is 24.3 Å². The van der Waals surface area contributed by atoms with Crippen LogP contribution in [0.5, 0.6) is 0 Å². The molecule has 53 heavy (non-hydrogen) atoms.